The molecule has 0 aliphatic carbocycles. The number of furan rings is 1. The van der Waals surface area contributed by atoms with Crippen molar-refractivity contribution in [2.75, 3.05) is 19.6 Å². The van der Waals surface area contributed by atoms with Crippen molar-refractivity contribution in [3.05, 3.63) is 35.6 Å². The average Bonchev–Trinajstić information content (AvgIpc) is 3.24. The maximum absolute atomic E-state index is 12.1. The number of nitrogens with zero attached hydrogens (tertiary/aromatic N) is 1. The molecule has 0 radical (unpaired) electrons. The van der Waals surface area contributed by atoms with E-state index in [4.69, 9.17) is 4.42 Å². The van der Waals surface area contributed by atoms with Gasteiger partial charge in [0.05, 0.1) is 12.7 Å². The molecule has 24 heavy (non-hydrogen) atoms. The van der Waals surface area contributed by atoms with Gasteiger partial charge in [0, 0.05) is 37.0 Å². The fourth-order valence-electron chi connectivity index (χ4n) is 3.15. The Morgan fingerprint density at radius 2 is 2.04 bits per heavy atom. The molecule has 1 N–H and O–H groups in total. The van der Waals surface area contributed by atoms with Crippen LogP contribution in [0.5, 0.6) is 0 Å². The Kier molecular flexibility index (Phi) is 5.18. The van der Waals surface area contributed by atoms with Gasteiger partial charge in [-0.05, 0) is 30.9 Å². The van der Waals surface area contributed by atoms with Crippen LogP contribution in [0.25, 0.3) is 11.0 Å². The zero-order valence-electron chi connectivity index (χ0n) is 14.1. The van der Waals surface area contributed by atoms with Crippen LogP contribution in [0.4, 0.5) is 0 Å². The van der Waals surface area contributed by atoms with E-state index in [-0.39, 0.29) is 18.2 Å². The summed E-state index contributed by atoms with van der Waals surface area (Å²) < 4.78 is 5.56. The number of fused-ring (bicyclic) bond motifs is 1. The summed E-state index contributed by atoms with van der Waals surface area (Å²) in [6.07, 6.45) is 5.43. The number of rotatable bonds is 6. The first kappa shape index (κ1) is 16.6. The van der Waals surface area contributed by atoms with Crippen LogP contribution in [0.15, 0.2) is 28.9 Å². The molecular formula is C19H24N2O3. The van der Waals surface area contributed by atoms with E-state index in [2.05, 4.69) is 18.3 Å². The van der Waals surface area contributed by atoms with E-state index in [0.717, 1.165) is 48.9 Å². The van der Waals surface area contributed by atoms with Gasteiger partial charge in [0.1, 0.15) is 5.58 Å². The van der Waals surface area contributed by atoms with Gasteiger partial charge in [-0.25, -0.2) is 0 Å². The lowest BCUT2D eigenvalue weighted by Gasteiger charge is -2.15. The van der Waals surface area contributed by atoms with Crippen molar-refractivity contribution in [1.82, 2.24) is 10.2 Å². The number of aryl methyl sites for hydroxylation is 1. The van der Waals surface area contributed by atoms with Crippen molar-refractivity contribution in [2.24, 2.45) is 0 Å². The van der Waals surface area contributed by atoms with Gasteiger partial charge in [0.15, 0.2) is 0 Å². The highest BCUT2D eigenvalue weighted by atomic mass is 16.3. The van der Waals surface area contributed by atoms with Crippen LogP contribution in [0.3, 0.4) is 0 Å². The Balaban J connectivity index is 1.50. The fourth-order valence-corrected chi connectivity index (χ4v) is 3.15. The SMILES string of the molecule is CCc1ccc2c(CC(=O)NCCC(=O)N3CCCC3)coc2c1. The molecule has 0 atom stereocenters. The summed E-state index contributed by atoms with van der Waals surface area (Å²) in [4.78, 5) is 25.9. The molecule has 2 aromatic rings. The first-order valence-electron chi connectivity index (χ1n) is 8.71. The van der Waals surface area contributed by atoms with Crippen molar-refractivity contribution >= 4 is 22.8 Å². The molecule has 128 valence electrons. The molecule has 3 rings (SSSR count). The smallest absolute Gasteiger partial charge is 0.224 e. The van der Waals surface area contributed by atoms with E-state index >= 15 is 0 Å². The highest BCUT2D eigenvalue weighted by Crippen LogP contribution is 2.23. The molecule has 1 aromatic carbocycles. The third kappa shape index (κ3) is 3.78. The van der Waals surface area contributed by atoms with Gasteiger partial charge in [0.2, 0.25) is 11.8 Å². The molecule has 0 spiro atoms. The quantitative estimate of drug-likeness (QED) is 0.887. The maximum Gasteiger partial charge on any atom is 0.224 e. The lowest BCUT2D eigenvalue weighted by atomic mass is 10.1. The van der Waals surface area contributed by atoms with Gasteiger partial charge in [-0.3, -0.25) is 9.59 Å². The molecule has 1 aromatic heterocycles. The van der Waals surface area contributed by atoms with Gasteiger partial charge in [-0.15, -0.1) is 0 Å². The molecule has 2 amide bonds. The first-order valence-corrected chi connectivity index (χ1v) is 8.71. The van der Waals surface area contributed by atoms with E-state index in [1.165, 1.54) is 5.56 Å². The molecule has 0 unspecified atom stereocenters. The molecule has 1 aliphatic heterocycles. The monoisotopic (exact) mass is 328 g/mol. The Morgan fingerprint density at radius 3 is 2.79 bits per heavy atom. The first-order chi connectivity index (χ1) is 11.7. The molecule has 1 fully saturated rings. The van der Waals surface area contributed by atoms with Gasteiger partial charge < -0.3 is 14.6 Å². The van der Waals surface area contributed by atoms with Crippen molar-refractivity contribution < 1.29 is 14.0 Å². The van der Waals surface area contributed by atoms with Crippen LogP contribution in [0, 0.1) is 0 Å². The topological polar surface area (TPSA) is 62.6 Å². The van der Waals surface area contributed by atoms with Gasteiger partial charge in [-0.1, -0.05) is 19.1 Å². The van der Waals surface area contributed by atoms with Crippen molar-refractivity contribution in [1.29, 1.82) is 0 Å². The molecule has 0 saturated carbocycles. The maximum atomic E-state index is 12.1. The summed E-state index contributed by atoms with van der Waals surface area (Å²) in [6, 6.07) is 6.09. The highest BCUT2D eigenvalue weighted by molar-refractivity contribution is 5.88. The van der Waals surface area contributed by atoms with E-state index in [1.807, 2.05) is 17.0 Å². The lowest BCUT2D eigenvalue weighted by molar-refractivity contribution is -0.130. The molecule has 1 aliphatic rings. The minimum absolute atomic E-state index is 0.0773. The zero-order chi connectivity index (χ0) is 16.9. The number of hydrogen-bond acceptors (Lipinski definition) is 3. The molecule has 5 heteroatoms. The Hall–Kier alpha value is -2.30. The number of nitrogens with one attached hydrogen (secondary N) is 1. The molecule has 5 nitrogen and oxygen atoms in total. The minimum Gasteiger partial charge on any atom is -0.464 e. The number of amides is 2. The predicted molar refractivity (Wildman–Crippen MR) is 92.7 cm³/mol. The summed E-state index contributed by atoms with van der Waals surface area (Å²) in [5, 5.41) is 3.82. The number of carbonyl (C=O) groups excluding carboxylic acids is 2. The van der Waals surface area contributed by atoms with Crippen LogP contribution < -0.4 is 5.32 Å². The van der Waals surface area contributed by atoms with Crippen molar-refractivity contribution in [2.45, 2.75) is 39.0 Å². The summed E-state index contributed by atoms with van der Waals surface area (Å²) >= 11 is 0. The lowest BCUT2D eigenvalue weighted by Crippen LogP contribution is -2.33. The van der Waals surface area contributed by atoms with Crippen LogP contribution in [0.2, 0.25) is 0 Å². The van der Waals surface area contributed by atoms with E-state index in [1.54, 1.807) is 6.26 Å². The summed E-state index contributed by atoms with van der Waals surface area (Å²) in [5.41, 5.74) is 2.92. The molecular weight excluding hydrogens is 304 g/mol. The average molecular weight is 328 g/mol. The van der Waals surface area contributed by atoms with Crippen LogP contribution in [-0.2, 0) is 22.4 Å². The summed E-state index contributed by atoms with van der Waals surface area (Å²) in [7, 11) is 0. The zero-order valence-corrected chi connectivity index (χ0v) is 14.1. The van der Waals surface area contributed by atoms with Gasteiger partial charge >= 0.3 is 0 Å². The highest BCUT2D eigenvalue weighted by Gasteiger charge is 2.17. The van der Waals surface area contributed by atoms with Gasteiger partial charge in [0.25, 0.3) is 0 Å². The number of benzene rings is 1. The number of hydrogen-bond donors (Lipinski definition) is 1. The van der Waals surface area contributed by atoms with E-state index in [9.17, 15) is 9.59 Å². The third-order valence-corrected chi connectivity index (χ3v) is 4.60. The summed E-state index contributed by atoms with van der Waals surface area (Å²) in [6.45, 7) is 4.20. The standard InChI is InChI=1S/C19H24N2O3/c1-2-14-5-6-16-15(13-24-17(16)11-14)12-18(22)20-8-7-19(23)21-9-3-4-10-21/h5-6,11,13H,2-4,7-10,12H2,1H3,(H,20,22). The molecule has 1 saturated heterocycles. The number of likely N-dealkylation sites (tertiary alicyclic amines) is 1. The van der Waals surface area contributed by atoms with Crippen molar-refractivity contribution in [3.8, 4) is 0 Å². The fraction of sp³-hybridized carbons (Fsp3) is 0.474. The molecule has 0 bridgehead atoms. The van der Waals surface area contributed by atoms with E-state index < -0.39 is 0 Å². The third-order valence-electron chi connectivity index (χ3n) is 4.60. The van der Waals surface area contributed by atoms with Gasteiger partial charge in [-0.2, -0.15) is 0 Å². The minimum atomic E-state index is -0.0773. The Bertz CT molecular complexity index is 729. The second-order valence-corrected chi connectivity index (χ2v) is 6.31. The second kappa shape index (κ2) is 7.51. The molecule has 2 heterocycles. The normalized spacial score (nSPS) is 14.3. The van der Waals surface area contributed by atoms with E-state index in [0.29, 0.717) is 13.0 Å². The van der Waals surface area contributed by atoms with Crippen molar-refractivity contribution in [3.63, 3.8) is 0 Å². The predicted octanol–water partition coefficient (Wildman–Crippen LogP) is 2.67. The van der Waals surface area contributed by atoms with Crippen LogP contribution >= 0.6 is 0 Å². The van der Waals surface area contributed by atoms with Crippen LogP contribution in [0.1, 0.15) is 37.3 Å². The Labute approximate surface area is 142 Å². The Morgan fingerprint density at radius 1 is 1.25 bits per heavy atom. The summed E-state index contributed by atoms with van der Waals surface area (Å²) in [5.74, 6) is 0.0557. The largest absolute Gasteiger partial charge is 0.464 e. The second-order valence-electron chi connectivity index (χ2n) is 6.31. The number of carbonyl (C=O) groups is 2. The van der Waals surface area contributed by atoms with Crippen LogP contribution in [-0.4, -0.2) is 36.3 Å².